The number of amides is 1. The van der Waals surface area contributed by atoms with Crippen molar-refractivity contribution in [3.05, 3.63) is 29.6 Å². The van der Waals surface area contributed by atoms with Crippen molar-refractivity contribution in [3.8, 4) is 0 Å². The Bertz CT molecular complexity index is 589. The van der Waals surface area contributed by atoms with E-state index in [-0.39, 0.29) is 12.2 Å². The van der Waals surface area contributed by atoms with Crippen LogP contribution in [0.25, 0.3) is 11.0 Å². The molecule has 0 atom stereocenters. The lowest BCUT2D eigenvalue weighted by atomic mass is 10.1. The number of hydrogen-bond donors (Lipinski definition) is 3. The van der Waals surface area contributed by atoms with E-state index in [1.165, 1.54) is 0 Å². The second kappa shape index (κ2) is 4.25. The SMILES string of the molecule is NC(=O)CCc1cccc2[nH]c(C(=O)O)nc12. The van der Waals surface area contributed by atoms with Gasteiger partial charge in [-0.2, -0.15) is 0 Å². The molecule has 1 aromatic heterocycles. The summed E-state index contributed by atoms with van der Waals surface area (Å²) in [6.07, 6.45) is 0.672. The summed E-state index contributed by atoms with van der Waals surface area (Å²) in [5.41, 5.74) is 7.10. The molecule has 0 radical (unpaired) electrons. The number of nitrogens with zero attached hydrogens (tertiary/aromatic N) is 1. The number of hydrogen-bond acceptors (Lipinski definition) is 3. The number of aromatic carboxylic acids is 1. The van der Waals surface area contributed by atoms with Gasteiger partial charge in [0.25, 0.3) is 0 Å². The highest BCUT2D eigenvalue weighted by atomic mass is 16.4. The zero-order valence-corrected chi connectivity index (χ0v) is 8.93. The number of carboxylic acid groups (broad SMARTS) is 1. The molecule has 17 heavy (non-hydrogen) atoms. The Morgan fingerprint density at radius 1 is 1.41 bits per heavy atom. The number of carboxylic acids is 1. The maximum atomic E-state index is 10.8. The van der Waals surface area contributed by atoms with E-state index in [2.05, 4.69) is 9.97 Å². The summed E-state index contributed by atoms with van der Waals surface area (Å²) < 4.78 is 0. The molecule has 6 nitrogen and oxygen atoms in total. The van der Waals surface area contributed by atoms with Crippen molar-refractivity contribution in [3.63, 3.8) is 0 Å². The van der Waals surface area contributed by atoms with Crippen molar-refractivity contribution in [1.29, 1.82) is 0 Å². The molecule has 2 aromatic rings. The van der Waals surface area contributed by atoms with Crippen molar-refractivity contribution in [2.24, 2.45) is 5.73 Å². The highest BCUT2D eigenvalue weighted by Gasteiger charge is 2.12. The molecule has 88 valence electrons. The minimum absolute atomic E-state index is 0.105. The molecular weight excluding hydrogens is 222 g/mol. The fourth-order valence-electron chi connectivity index (χ4n) is 1.65. The maximum absolute atomic E-state index is 10.8. The fourth-order valence-corrected chi connectivity index (χ4v) is 1.65. The van der Waals surface area contributed by atoms with Crippen molar-refractivity contribution in [2.45, 2.75) is 12.8 Å². The molecule has 0 spiro atoms. The van der Waals surface area contributed by atoms with E-state index in [1.54, 1.807) is 18.2 Å². The van der Waals surface area contributed by atoms with E-state index in [0.717, 1.165) is 5.56 Å². The molecule has 1 aromatic carbocycles. The fraction of sp³-hybridized carbons (Fsp3) is 0.182. The number of H-pyrrole nitrogens is 1. The second-order valence-corrected chi connectivity index (χ2v) is 3.67. The molecule has 0 aliphatic carbocycles. The van der Waals surface area contributed by atoms with Gasteiger partial charge in [-0.3, -0.25) is 4.79 Å². The first-order valence-corrected chi connectivity index (χ1v) is 5.07. The van der Waals surface area contributed by atoms with E-state index in [0.29, 0.717) is 17.5 Å². The van der Waals surface area contributed by atoms with Gasteiger partial charge in [-0.15, -0.1) is 0 Å². The highest BCUT2D eigenvalue weighted by Crippen LogP contribution is 2.17. The average molecular weight is 233 g/mol. The monoisotopic (exact) mass is 233 g/mol. The summed E-state index contributed by atoms with van der Waals surface area (Å²) in [6, 6.07) is 5.32. The minimum Gasteiger partial charge on any atom is -0.475 e. The van der Waals surface area contributed by atoms with Gasteiger partial charge in [0, 0.05) is 6.42 Å². The van der Waals surface area contributed by atoms with Crippen LogP contribution >= 0.6 is 0 Å². The number of primary amides is 1. The lowest BCUT2D eigenvalue weighted by molar-refractivity contribution is -0.117. The number of aromatic amines is 1. The lowest BCUT2D eigenvalue weighted by Gasteiger charge is -1.99. The topological polar surface area (TPSA) is 109 Å². The Labute approximate surface area is 96.5 Å². The summed E-state index contributed by atoms with van der Waals surface area (Å²) in [5.74, 6) is -1.61. The van der Waals surface area contributed by atoms with Gasteiger partial charge < -0.3 is 15.8 Å². The number of nitrogens with two attached hydrogens (primary N) is 1. The third-order valence-corrected chi connectivity index (χ3v) is 2.44. The van der Waals surface area contributed by atoms with Crippen molar-refractivity contribution >= 4 is 22.9 Å². The van der Waals surface area contributed by atoms with Crippen LogP contribution in [0.1, 0.15) is 22.6 Å². The van der Waals surface area contributed by atoms with Gasteiger partial charge in [0.2, 0.25) is 11.7 Å². The van der Waals surface area contributed by atoms with E-state index >= 15 is 0 Å². The number of carbonyl (C=O) groups is 2. The van der Waals surface area contributed by atoms with Crippen LogP contribution in [0.5, 0.6) is 0 Å². The lowest BCUT2D eigenvalue weighted by Crippen LogP contribution is -2.11. The zero-order chi connectivity index (χ0) is 12.4. The largest absolute Gasteiger partial charge is 0.475 e. The predicted molar refractivity (Wildman–Crippen MR) is 60.6 cm³/mol. The second-order valence-electron chi connectivity index (χ2n) is 3.67. The van der Waals surface area contributed by atoms with Gasteiger partial charge >= 0.3 is 5.97 Å². The normalized spacial score (nSPS) is 10.6. The quantitative estimate of drug-likeness (QED) is 0.721. The molecule has 0 saturated carbocycles. The summed E-state index contributed by atoms with van der Waals surface area (Å²) in [4.78, 5) is 28.2. The molecule has 0 unspecified atom stereocenters. The Morgan fingerprint density at radius 2 is 2.18 bits per heavy atom. The van der Waals surface area contributed by atoms with E-state index in [4.69, 9.17) is 10.8 Å². The summed E-state index contributed by atoms with van der Waals surface area (Å²) >= 11 is 0. The maximum Gasteiger partial charge on any atom is 0.371 e. The molecule has 1 amide bonds. The summed E-state index contributed by atoms with van der Waals surface area (Å²) in [6.45, 7) is 0. The van der Waals surface area contributed by atoms with Gasteiger partial charge in [-0.1, -0.05) is 12.1 Å². The molecular formula is C11H11N3O3. The number of benzene rings is 1. The number of fused-ring (bicyclic) bond motifs is 1. The van der Waals surface area contributed by atoms with Gasteiger partial charge in [-0.05, 0) is 18.1 Å². The predicted octanol–water partition coefficient (Wildman–Crippen LogP) is 0.679. The smallest absolute Gasteiger partial charge is 0.371 e. The van der Waals surface area contributed by atoms with Gasteiger partial charge in [0.05, 0.1) is 11.0 Å². The summed E-state index contributed by atoms with van der Waals surface area (Å²) in [7, 11) is 0. The minimum atomic E-state index is -1.11. The number of nitrogens with one attached hydrogen (secondary N) is 1. The number of aromatic nitrogens is 2. The van der Waals surface area contributed by atoms with Gasteiger partial charge in [0.15, 0.2) is 0 Å². The van der Waals surface area contributed by atoms with Gasteiger partial charge in [-0.25, -0.2) is 9.78 Å². The van der Waals surface area contributed by atoms with Gasteiger partial charge in [0.1, 0.15) is 0 Å². The molecule has 1 heterocycles. The zero-order valence-electron chi connectivity index (χ0n) is 8.93. The van der Waals surface area contributed by atoms with Crippen LogP contribution in [0, 0.1) is 0 Å². The van der Waals surface area contributed by atoms with Crippen molar-refractivity contribution in [2.75, 3.05) is 0 Å². The van der Waals surface area contributed by atoms with E-state index in [9.17, 15) is 9.59 Å². The number of imidazole rings is 1. The van der Waals surface area contributed by atoms with Crippen molar-refractivity contribution < 1.29 is 14.7 Å². The first-order chi connectivity index (χ1) is 8.08. The molecule has 0 aliphatic heterocycles. The third kappa shape index (κ3) is 2.25. The van der Waals surface area contributed by atoms with Crippen LogP contribution in [0.15, 0.2) is 18.2 Å². The molecule has 2 rings (SSSR count). The van der Waals surface area contributed by atoms with Crippen LogP contribution in [-0.2, 0) is 11.2 Å². The molecule has 6 heteroatoms. The van der Waals surface area contributed by atoms with E-state index in [1.807, 2.05) is 0 Å². The van der Waals surface area contributed by atoms with E-state index < -0.39 is 11.9 Å². The number of carbonyl (C=O) groups excluding carboxylic acids is 1. The van der Waals surface area contributed by atoms with Crippen LogP contribution in [0.4, 0.5) is 0 Å². The van der Waals surface area contributed by atoms with Crippen LogP contribution < -0.4 is 5.73 Å². The van der Waals surface area contributed by atoms with Crippen LogP contribution in [0.2, 0.25) is 0 Å². The first-order valence-electron chi connectivity index (χ1n) is 5.07. The third-order valence-electron chi connectivity index (χ3n) is 2.44. The number of rotatable bonds is 4. The standard InChI is InChI=1S/C11H11N3O3/c12-8(15)5-4-6-2-1-3-7-9(6)14-10(13-7)11(16)17/h1-3H,4-5H2,(H2,12,15)(H,13,14)(H,16,17). The first kappa shape index (κ1) is 11.1. The molecule has 0 fully saturated rings. The van der Waals surface area contributed by atoms with Crippen molar-refractivity contribution in [1.82, 2.24) is 9.97 Å². The molecule has 0 aliphatic rings. The Kier molecular flexibility index (Phi) is 2.78. The number of para-hydroxylation sites is 1. The molecule has 4 N–H and O–H groups in total. The Morgan fingerprint density at radius 3 is 2.82 bits per heavy atom. The van der Waals surface area contributed by atoms with Crippen LogP contribution in [-0.4, -0.2) is 27.0 Å². The average Bonchev–Trinajstić information content (AvgIpc) is 2.70. The Balaban J connectivity index is 2.42. The highest BCUT2D eigenvalue weighted by molar-refractivity contribution is 5.90. The molecule has 0 saturated heterocycles. The molecule has 0 bridgehead atoms. The number of aryl methyl sites for hydroxylation is 1. The summed E-state index contributed by atoms with van der Waals surface area (Å²) in [5, 5.41) is 8.83. The van der Waals surface area contributed by atoms with Crippen LogP contribution in [0.3, 0.4) is 0 Å². The Hall–Kier alpha value is -2.37.